The Morgan fingerprint density at radius 1 is 1.26 bits per heavy atom. The summed E-state index contributed by atoms with van der Waals surface area (Å²) in [4.78, 5) is 40.5. The maximum atomic E-state index is 13.8. The summed E-state index contributed by atoms with van der Waals surface area (Å²) < 4.78 is 5.00. The van der Waals surface area contributed by atoms with Gasteiger partial charge in [0.15, 0.2) is 11.4 Å². The molecule has 0 heterocycles. The summed E-state index contributed by atoms with van der Waals surface area (Å²) in [5.74, 6) is -6.65. The molecule has 3 aliphatic rings. The van der Waals surface area contributed by atoms with Crippen LogP contribution >= 0.6 is 0 Å². The minimum Gasteiger partial charge on any atom is -0.508 e. The molecule has 3 aliphatic carbocycles. The lowest BCUT2D eigenvalue weighted by Gasteiger charge is -2.50. The number of nitrogens with zero attached hydrogens (tertiary/aromatic N) is 1. The van der Waals surface area contributed by atoms with Crippen molar-refractivity contribution in [3.8, 4) is 5.75 Å². The average Bonchev–Trinajstić information content (AvgIpc) is 2.84. The first-order valence-electron chi connectivity index (χ1n) is 12.3. The molecule has 11 nitrogen and oxygen atoms in total. The van der Waals surface area contributed by atoms with Crippen LogP contribution in [0.15, 0.2) is 35.1 Å². The van der Waals surface area contributed by atoms with Gasteiger partial charge in [0.05, 0.1) is 18.2 Å². The number of rotatable bonds is 8. The fraction of sp³-hybridized carbons (Fsp3) is 0.444. The number of hydrogen-bond donors (Lipinski definition) is 6. The number of carbonyl (C=O) groups excluding carboxylic acids is 3. The molecule has 0 aromatic heterocycles. The third-order valence-electron chi connectivity index (χ3n) is 7.68. The highest BCUT2D eigenvalue weighted by Crippen LogP contribution is 2.53. The van der Waals surface area contributed by atoms with Gasteiger partial charge in [-0.3, -0.25) is 19.3 Å². The van der Waals surface area contributed by atoms with Crippen LogP contribution in [0.25, 0.3) is 11.8 Å². The number of carbonyl (C=O) groups is 3. The fourth-order valence-corrected chi connectivity index (χ4v) is 5.97. The number of nitrogens with one attached hydrogen (secondary N) is 1. The quantitative estimate of drug-likeness (QED) is 0.202. The number of benzene rings is 1. The normalized spacial score (nSPS) is 27.1. The second kappa shape index (κ2) is 10.3. The molecule has 0 spiro atoms. The van der Waals surface area contributed by atoms with Crippen LogP contribution in [0.4, 0.5) is 0 Å². The van der Waals surface area contributed by atoms with Crippen molar-refractivity contribution < 1.29 is 39.5 Å². The lowest BCUT2D eigenvalue weighted by molar-refractivity contribution is -0.153. The number of likely N-dealkylation sites (N-methyl/N-ethyl adjacent to an activating group) is 1. The minimum atomic E-state index is -2.65. The van der Waals surface area contributed by atoms with E-state index in [-0.39, 0.29) is 29.7 Å². The molecule has 1 aromatic rings. The zero-order valence-corrected chi connectivity index (χ0v) is 21.5. The number of fused-ring (bicyclic) bond motifs is 3. The monoisotopic (exact) mass is 527 g/mol. The molecule has 1 amide bonds. The van der Waals surface area contributed by atoms with E-state index in [1.807, 2.05) is 12.2 Å². The molecule has 4 atom stereocenters. The van der Waals surface area contributed by atoms with Gasteiger partial charge in [0.1, 0.15) is 22.8 Å². The topological polar surface area (TPSA) is 183 Å². The van der Waals surface area contributed by atoms with Crippen molar-refractivity contribution in [1.82, 2.24) is 10.2 Å². The Hall–Kier alpha value is -3.51. The first kappa shape index (κ1) is 27.5. The number of amides is 1. The third-order valence-corrected chi connectivity index (χ3v) is 7.68. The predicted molar refractivity (Wildman–Crippen MR) is 138 cm³/mol. The van der Waals surface area contributed by atoms with Crippen molar-refractivity contribution in [2.24, 2.45) is 17.6 Å². The summed E-state index contributed by atoms with van der Waals surface area (Å²) in [7, 11) is 4.74. The zero-order chi connectivity index (χ0) is 27.9. The second-order valence-corrected chi connectivity index (χ2v) is 10.1. The van der Waals surface area contributed by atoms with Crippen molar-refractivity contribution in [2.75, 3.05) is 40.9 Å². The van der Waals surface area contributed by atoms with Gasteiger partial charge in [0.25, 0.3) is 5.91 Å². The summed E-state index contributed by atoms with van der Waals surface area (Å²) in [6.07, 6.45) is 4.01. The number of aliphatic hydroxyl groups excluding tert-OH is 2. The Morgan fingerprint density at radius 3 is 2.61 bits per heavy atom. The molecule has 1 aromatic carbocycles. The molecule has 204 valence electrons. The second-order valence-electron chi connectivity index (χ2n) is 10.1. The van der Waals surface area contributed by atoms with Crippen molar-refractivity contribution in [2.45, 2.75) is 24.5 Å². The molecule has 1 fully saturated rings. The van der Waals surface area contributed by atoms with Crippen molar-refractivity contribution >= 4 is 29.3 Å². The molecule has 1 saturated carbocycles. The van der Waals surface area contributed by atoms with E-state index in [9.17, 15) is 34.8 Å². The Bertz CT molecular complexity index is 1280. The molecule has 0 unspecified atom stereocenters. The first-order chi connectivity index (χ1) is 18.0. The standard InChI is InChI=1S/C27H33N3O8/c1-30(2)21-16-12-14-11-15-13(5-4-8-29-9-10-38-3)6-7-17(31)19(15)22(32)18(14)24(34)27(16,37)25(35)20(23(21)33)26(28)36/h4-7,14,16,21,29,31-32,35,37H,8-12H2,1-3H3,(H2,28,36)/b5-4+/t14-,16-,21-,27-/m0/s1. The van der Waals surface area contributed by atoms with Crippen LogP contribution in [0.3, 0.4) is 0 Å². The summed E-state index contributed by atoms with van der Waals surface area (Å²) >= 11 is 0. The predicted octanol–water partition coefficient (Wildman–Crippen LogP) is 0.213. The lowest BCUT2D eigenvalue weighted by atomic mass is 9.57. The summed E-state index contributed by atoms with van der Waals surface area (Å²) in [6, 6.07) is 2.00. The van der Waals surface area contributed by atoms with Gasteiger partial charge in [-0.2, -0.15) is 0 Å². The van der Waals surface area contributed by atoms with Gasteiger partial charge >= 0.3 is 0 Å². The number of phenolic OH excluding ortho intramolecular Hbond substituents is 1. The molecule has 11 heteroatoms. The van der Waals surface area contributed by atoms with Crippen LogP contribution in [-0.4, -0.2) is 95.3 Å². The van der Waals surface area contributed by atoms with Crippen LogP contribution in [0, 0.1) is 11.8 Å². The first-order valence-corrected chi connectivity index (χ1v) is 12.3. The van der Waals surface area contributed by atoms with Crippen LogP contribution in [0.1, 0.15) is 23.1 Å². The van der Waals surface area contributed by atoms with E-state index in [4.69, 9.17) is 10.5 Å². The van der Waals surface area contributed by atoms with E-state index in [2.05, 4.69) is 5.32 Å². The van der Waals surface area contributed by atoms with Gasteiger partial charge in [-0.15, -0.1) is 0 Å². The van der Waals surface area contributed by atoms with E-state index in [0.29, 0.717) is 25.3 Å². The van der Waals surface area contributed by atoms with E-state index >= 15 is 0 Å². The highest BCUT2D eigenvalue weighted by atomic mass is 16.5. The number of ketones is 2. The Balaban J connectivity index is 1.81. The highest BCUT2D eigenvalue weighted by Gasteiger charge is 2.64. The van der Waals surface area contributed by atoms with Gasteiger partial charge in [-0.05, 0) is 50.0 Å². The number of ether oxygens (including phenoxy) is 1. The van der Waals surface area contributed by atoms with Crippen molar-refractivity contribution in [1.29, 1.82) is 0 Å². The molecular formula is C27H33N3O8. The molecule has 7 N–H and O–H groups in total. The van der Waals surface area contributed by atoms with E-state index < -0.39 is 58.0 Å². The molecular weight excluding hydrogens is 494 g/mol. The van der Waals surface area contributed by atoms with Gasteiger partial charge in [-0.25, -0.2) is 0 Å². The Kier molecular flexibility index (Phi) is 7.48. The lowest BCUT2D eigenvalue weighted by Crippen LogP contribution is -2.65. The number of Topliss-reactive ketones (excluding diaryl/α,β-unsaturated/α-hetero) is 2. The summed E-state index contributed by atoms with van der Waals surface area (Å²) in [5.41, 5.74) is 3.10. The Morgan fingerprint density at radius 2 is 1.97 bits per heavy atom. The van der Waals surface area contributed by atoms with Crippen LogP contribution in [-0.2, 0) is 25.5 Å². The number of aliphatic hydroxyl groups is 3. The maximum Gasteiger partial charge on any atom is 0.255 e. The van der Waals surface area contributed by atoms with E-state index in [1.54, 1.807) is 27.3 Å². The molecule has 0 radical (unpaired) electrons. The number of aromatic hydroxyl groups is 1. The molecule has 38 heavy (non-hydrogen) atoms. The van der Waals surface area contributed by atoms with Crippen molar-refractivity contribution in [3.63, 3.8) is 0 Å². The number of methoxy groups -OCH3 is 1. The molecule has 0 saturated heterocycles. The van der Waals surface area contributed by atoms with Crippen LogP contribution in [0.5, 0.6) is 5.75 Å². The number of phenols is 1. The van der Waals surface area contributed by atoms with Gasteiger partial charge < -0.3 is 36.2 Å². The third kappa shape index (κ3) is 4.21. The summed E-state index contributed by atoms with van der Waals surface area (Å²) in [5, 5.41) is 47.6. The largest absolute Gasteiger partial charge is 0.508 e. The van der Waals surface area contributed by atoms with Gasteiger partial charge in [-0.1, -0.05) is 18.2 Å². The zero-order valence-electron chi connectivity index (χ0n) is 21.5. The number of hydrogen-bond acceptors (Lipinski definition) is 10. The molecule has 0 bridgehead atoms. The van der Waals surface area contributed by atoms with E-state index in [1.165, 1.54) is 11.0 Å². The number of nitrogens with two attached hydrogens (primary N) is 1. The SMILES string of the molecule is COCCNC/C=C/c1ccc(O)c2c1C[C@H]1C[C@H]3[C@H](N(C)C)C(=O)C(C(N)=O)=C(O)[C@@]3(O)C(=O)C1=C2O. The van der Waals surface area contributed by atoms with Crippen LogP contribution < -0.4 is 11.1 Å². The van der Waals surface area contributed by atoms with E-state index in [0.717, 1.165) is 5.56 Å². The van der Waals surface area contributed by atoms with Gasteiger partial charge in [0.2, 0.25) is 5.78 Å². The van der Waals surface area contributed by atoms with Gasteiger partial charge in [0, 0.05) is 31.7 Å². The summed E-state index contributed by atoms with van der Waals surface area (Å²) in [6.45, 7) is 1.79. The number of primary amides is 1. The Labute approximate surface area is 219 Å². The molecule has 0 aliphatic heterocycles. The smallest absolute Gasteiger partial charge is 0.255 e. The molecule has 4 rings (SSSR count). The maximum absolute atomic E-state index is 13.8. The average molecular weight is 528 g/mol. The van der Waals surface area contributed by atoms with Crippen LogP contribution in [0.2, 0.25) is 0 Å². The highest BCUT2D eigenvalue weighted by molar-refractivity contribution is 6.24. The minimum absolute atomic E-state index is 0.0448. The fourth-order valence-electron chi connectivity index (χ4n) is 5.97. The van der Waals surface area contributed by atoms with Crippen molar-refractivity contribution in [3.05, 3.63) is 51.8 Å².